The van der Waals surface area contributed by atoms with Crippen molar-refractivity contribution < 1.29 is 23.5 Å². The van der Waals surface area contributed by atoms with Gasteiger partial charge < -0.3 is 24.1 Å². The van der Waals surface area contributed by atoms with Crippen molar-refractivity contribution in [2.75, 3.05) is 24.7 Å². The number of carbonyl (C=O) groups excluding carboxylic acids is 2. The number of rotatable bonds is 4. The SMILES string of the molecule is O=C(NCc1ccoc1)[C@@H]1CCN(c2ccc3c(c2)OCCO3)C1=O. The third-order valence-corrected chi connectivity index (χ3v) is 4.41. The maximum Gasteiger partial charge on any atom is 0.239 e. The van der Waals surface area contributed by atoms with Crippen molar-refractivity contribution in [1.29, 1.82) is 0 Å². The molecule has 2 aliphatic rings. The Morgan fingerprint density at radius 2 is 2.04 bits per heavy atom. The fourth-order valence-electron chi connectivity index (χ4n) is 3.09. The lowest BCUT2D eigenvalue weighted by Gasteiger charge is -2.22. The Kier molecular flexibility index (Phi) is 4.05. The van der Waals surface area contributed by atoms with Crippen molar-refractivity contribution in [3.05, 3.63) is 42.4 Å². The van der Waals surface area contributed by atoms with Crippen LogP contribution in [0.5, 0.6) is 11.5 Å². The molecule has 1 fully saturated rings. The Bertz CT molecular complexity index is 787. The van der Waals surface area contributed by atoms with Gasteiger partial charge in [0.25, 0.3) is 0 Å². The maximum absolute atomic E-state index is 12.7. The summed E-state index contributed by atoms with van der Waals surface area (Å²) in [7, 11) is 0. The number of hydrogen-bond donors (Lipinski definition) is 1. The molecule has 0 saturated carbocycles. The molecule has 2 aliphatic heterocycles. The minimum Gasteiger partial charge on any atom is -0.486 e. The van der Waals surface area contributed by atoms with E-state index in [0.717, 1.165) is 11.3 Å². The Hall–Kier alpha value is -2.96. The zero-order valence-corrected chi connectivity index (χ0v) is 13.6. The van der Waals surface area contributed by atoms with Crippen LogP contribution in [0.4, 0.5) is 5.69 Å². The van der Waals surface area contributed by atoms with Crippen molar-refractivity contribution >= 4 is 17.5 Å². The molecule has 0 unspecified atom stereocenters. The average molecular weight is 342 g/mol. The molecule has 7 nitrogen and oxygen atoms in total. The van der Waals surface area contributed by atoms with Crippen LogP contribution in [-0.4, -0.2) is 31.6 Å². The van der Waals surface area contributed by atoms with Crippen LogP contribution < -0.4 is 19.7 Å². The molecule has 2 aromatic rings. The van der Waals surface area contributed by atoms with Crippen molar-refractivity contribution in [2.45, 2.75) is 13.0 Å². The van der Waals surface area contributed by atoms with E-state index in [1.807, 2.05) is 6.07 Å². The molecule has 3 heterocycles. The highest BCUT2D eigenvalue weighted by Gasteiger charge is 2.37. The van der Waals surface area contributed by atoms with E-state index < -0.39 is 5.92 Å². The van der Waals surface area contributed by atoms with Crippen LogP contribution in [0.25, 0.3) is 0 Å². The second kappa shape index (κ2) is 6.51. The molecule has 0 aliphatic carbocycles. The van der Waals surface area contributed by atoms with Crippen LogP contribution in [0, 0.1) is 5.92 Å². The van der Waals surface area contributed by atoms with Gasteiger partial charge >= 0.3 is 0 Å². The van der Waals surface area contributed by atoms with Gasteiger partial charge in [0.2, 0.25) is 11.8 Å². The van der Waals surface area contributed by atoms with Gasteiger partial charge in [-0.15, -0.1) is 0 Å². The number of carbonyl (C=O) groups is 2. The molecule has 25 heavy (non-hydrogen) atoms. The number of anilines is 1. The lowest BCUT2D eigenvalue weighted by Crippen LogP contribution is -2.36. The standard InChI is InChI=1S/C18H18N2O5/c21-17(19-10-12-4-6-23-11-12)14-3-5-20(18(14)22)13-1-2-15-16(9-13)25-8-7-24-15/h1-2,4,6,9,11,14H,3,5,7-8,10H2,(H,19,21)/t14-/m0/s1. The fraction of sp³-hybridized carbons (Fsp3) is 0.333. The molecule has 1 N–H and O–H groups in total. The Morgan fingerprint density at radius 3 is 2.84 bits per heavy atom. The largest absolute Gasteiger partial charge is 0.486 e. The summed E-state index contributed by atoms with van der Waals surface area (Å²) in [5.41, 5.74) is 1.59. The first-order valence-electron chi connectivity index (χ1n) is 8.22. The van der Waals surface area contributed by atoms with Crippen molar-refractivity contribution in [3.63, 3.8) is 0 Å². The second-order valence-electron chi connectivity index (χ2n) is 6.01. The molecule has 1 aromatic carbocycles. The van der Waals surface area contributed by atoms with Gasteiger partial charge in [0.1, 0.15) is 19.1 Å². The fourth-order valence-corrected chi connectivity index (χ4v) is 3.09. The summed E-state index contributed by atoms with van der Waals surface area (Å²) >= 11 is 0. The van der Waals surface area contributed by atoms with Gasteiger partial charge in [-0.25, -0.2) is 0 Å². The summed E-state index contributed by atoms with van der Waals surface area (Å²) in [6, 6.07) is 7.18. The van der Waals surface area contributed by atoms with Gasteiger partial charge in [-0.2, -0.15) is 0 Å². The zero-order valence-electron chi connectivity index (χ0n) is 13.6. The summed E-state index contributed by atoms with van der Waals surface area (Å²) < 4.78 is 16.0. The summed E-state index contributed by atoms with van der Waals surface area (Å²) in [4.78, 5) is 26.6. The van der Waals surface area contributed by atoms with E-state index >= 15 is 0 Å². The Morgan fingerprint density at radius 1 is 1.20 bits per heavy atom. The molecule has 1 aromatic heterocycles. The lowest BCUT2D eigenvalue weighted by atomic mass is 10.1. The van der Waals surface area contributed by atoms with Crippen LogP contribution in [0.15, 0.2) is 41.2 Å². The maximum atomic E-state index is 12.7. The summed E-state index contributed by atoms with van der Waals surface area (Å²) in [5, 5.41) is 2.79. The smallest absolute Gasteiger partial charge is 0.239 e. The van der Waals surface area contributed by atoms with Crippen molar-refractivity contribution in [2.24, 2.45) is 5.92 Å². The van der Waals surface area contributed by atoms with Gasteiger partial charge in [-0.1, -0.05) is 0 Å². The Balaban J connectivity index is 1.43. The van der Waals surface area contributed by atoms with E-state index in [-0.39, 0.29) is 11.8 Å². The predicted molar refractivity (Wildman–Crippen MR) is 88.4 cm³/mol. The van der Waals surface area contributed by atoms with Gasteiger partial charge in [0.15, 0.2) is 11.5 Å². The number of nitrogens with one attached hydrogen (secondary N) is 1. The predicted octanol–water partition coefficient (Wildman–Crippen LogP) is 1.72. The van der Waals surface area contributed by atoms with Crippen molar-refractivity contribution in [1.82, 2.24) is 5.32 Å². The molecule has 1 saturated heterocycles. The van der Waals surface area contributed by atoms with Gasteiger partial charge in [0.05, 0.1) is 12.5 Å². The molecule has 7 heteroatoms. The second-order valence-corrected chi connectivity index (χ2v) is 6.01. The van der Waals surface area contributed by atoms with Gasteiger partial charge in [0, 0.05) is 30.4 Å². The molecule has 0 radical (unpaired) electrons. The monoisotopic (exact) mass is 342 g/mol. The quantitative estimate of drug-likeness (QED) is 0.856. The van der Waals surface area contributed by atoms with E-state index in [2.05, 4.69) is 5.32 Å². The number of nitrogens with zero attached hydrogens (tertiary/aromatic N) is 1. The Labute approximate surface area is 144 Å². The molecule has 2 amide bonds. The van der Waals surface area contributed by atoms with E-state index in [1.165, 1.54) is 0 Å². The average Bonchev–Trinajstić information content (AvgIpc) is 3.29. The number of hydrogen-bond acceptors (Lipinski definition) is 5. The summed E-state index contributed by atoms with van der Waals surface area (Å²) in [6.07, 6.45) is 3.61. The summed E-state index contributed by atoms with van der Waals surface area (Å²) in [5.74, 6) is 0.188. The van der Waals surface area contributed by atoms with Crippen LogP contribution in [0.1, 0.15) is 12.0 Å². The highest BCUT2D eigenvalue weighted by molar-refractivity contribution is 6.09. The van der Waals surface area contributed by atoms with E-state index in [9.17, 15) is 9.59 Å². The molecule has 4 rings (SSSR count). The number of furan rings is 1. The number of ether oxygens (including phenoxy) is 2. The van der Waals surface area contributed by atoms with E-state index in [0.29, 0.717) is 44.2 Å². The number of fused-ring (bicyclic) bond motifs is 1. The molecular formula is C18H18N2O5. The van der Waals surface area contributed by atoms with E-state index in [1.54, 1.807) is 35.6 Å². The lowest BCUT2D eigenvalue weighted by molar-refractivity contribution is -0.132. The van der Waals surface area contributed by atoms with Crippen LogP contribution in [0.3, 0.4) is 0 Å². The van der Waals surface area contributed by atoms with Crippen LogP contribution in [-0.2, 0) is 16.1 Å². The van der Waals surface area contributed by atoms with Gasteiger partial charge in [-0.05, 0) is 24.6 Å². The minimum absolute atomic E-state index is 0.193. The molecule has 0 bridgehead atoms. The molecular weight excluding hydrogens is 324 g/mol. The third kappa shape index (κ3) is 3.05. The van der Waals surface area contributed by atoms with Crippen LogP contribution >= 0.6 is 0 Å². The molecule has 0 spiro atoms. The first-order valence-corrected chi connectivity index (χ1v) is 8.22. The number of benzene rings is 1. The first-order chi connectivity index (χ1) is 12.2. The summed E-state index contributed by atoms with van der Waals surface area (Å²) in [6.45, 7) is 1.86. The van der Waals surface area contributed by atoms with Crippen molar-refractivity contribution in [3.8, 4) is 11.5 Å². The highest BCUT2D eigenvalue weighted by Crippen LogP contribution is 2.36. The van der Waals surface area contributed by atoms with E-state index in [4.69, 9.17) is 13.9 Å². The number of amides is 2. The van der Waals surface area contributed by atoms with Gasteiger partial charge in [-0.3, -0.25) is 9.59 Å². The zero-order chi connectivity index (χ0) is 17.2. The normalized spacial score (nSPS) is 19.1. The minimum atomic E-state index is -0.667. The topological polar surface area (TPSA) is 81.0 Å². The van der Waals surface area contributed by atoms with Crippen LogP contribution in [0.2, 0.25) is 0 Å². The highest BCUT2D eigenvalue weighted by atomic mass is 16.6. The molecule has 130 valence electrons. The molecule has 1 atom stereocenters. The third-order valence-electron chi connectivity index (χ3n) is 4.41. The first kappa shape index (κ1) is 15.6.